The summed E-state index contributed by atoms with van der Waals surface area (Å²) in [4.78, 5) is 11.5. The molecule has 1 unspecified atom stereocenters. The second-order valence-corrected chi connectivity index (χ2v) is 4.76. The van der Waals surface area contributed by atoms with Crippen LogP contribution < -0.4 is 15.4 Å². The minimum atomic E-state index is 0.0467. The number of nitrogens with one attached hydrogen (secondary N) is 2. The van der Waals surface area contributed by atoms with E-state index in [9.17, 15) is 4.79 Å². The molecule has 104 valence electrons. The lowest BCUT2D eigenvalue weighted by Crippen LogP contribution is -2.35. The van der Waals surface area contributed by atoms with E-state index in [0.29, 0.717) is 13.1 Å². The Labute approximate surface area is 114 Å². The van der Waals surface area contributed by atoms with Gasteiger partial charge in [-0.2, -0.15) is 0 Å². The van der Waals surface area contributed by atoms with Crippen LogP contribution in [0.3, 0.4) is 0 Å². The van der Waals surface area contributed by atoms with Gasteiger partial charge < -0.3 is 15.4 Å². The van der Waals surface area contributed by atoms with Gasteiger partial charge in [-0.3, -0.25) is 4.79 Å². The van der Waals surface area contributed by atoms with Crippen LogP contribution in [-0.4, -0.2) is 25.6 Å². The highest BCUT2D eigenvalue weighted by atomic mass is 16.5. The first-order valence-electron chi connectivity index (χ1n) is 7.00. The lowest BCUT2D eigenvalue weighted by Gasteiger charge is -2.18. The average molecular weight is 262 g/mol. The van der Waals surface area contributed by atoms with E-state index in [1.54, 1.807) is 0 Å². The molecule has 4 nitrogen and oxygen atoms in total. The van der Waals surface area contributed by atoms with Crippen molar-refractivity contribution < 1.29 is 9.53 Å². The van der Waals surface area contributed by atoms with Crippen molar-refractivity contribution >= 4 is 5.91 Å². The molecule has 2 N–H and O–H groups in total. The first-order valence-corrected chi connectivity index (χ1v) is 7.00. The van der Waals surface area contributed by atoms with Gasteiger partial charge in [0.05, 0.1) is 13.2 Å². The van der Waals surface area contributed by atoms with Gasteiger partial charge in [-0.15, -0.1) is 0 Å². The molecule has 0 saturated carbocycles. The lowest BCUT2D eigenvalue weighted by atomic mass is 10.0. The Kier molecular flexibility index (Phi) is 4.80. The van der Waals surface area contributed by atoms with Crippen LogP contribution in [0.2, 0.25) is 0 Å². The Morgan fingerprint density at radius 3 is 3.00 bits per heavy atom. The number of ether oxygens (including phenoxy) is 1. The fourth-order valence-electron chi connectivity index (χ4n) is 2.40. The zero-order valence-corrected chi connectivity index (χ0v) is 11.7. The van der Waals surface area contributed by atoms with Crippen molar-refractivity contribution in [1.29, 1.82) is 0 Å². The highest BCUT2D eigenvalue weighted by Crippen LogP contribution is 2.28. The largest absolute Gasteiger partial charge is 0.493 e. The van der Waals surface area contributed by atoms with Gasteiger partial charge in [-0.25, -0.2) is 0 Å². The second kappa shape index (κ2) is 6.57. The molecular weight excluding hydrogens is 240 g/mol. The molecule has 0 saturated heterocycles. The maximum Gasteiger partial charge on any atom is 0.233 e. The van der Waals surface area contributed by atoms with E-state index in [1.165, 1.54) is 11.1 Å². The van der Waals surface area contributed by atoms with Gasteiger partial charge in [0.15, 0.2) is 0 Å². The Hall–Kier alpha value is -1.55. The van der Waals surface area contributed by atoms with Gasteiger partial charge in [-0.1, -0.05) is 19.1 Å². The van der Waals surface area contributed by atoms with Crippen molar-refractivity contribution in [2.45, 2.75) is 32.7 Å². The van der Waals surface area contributed by atoms with Crippen LogP contribution >= 0.6 is 0 Å². The van der Waals surface area contributed by atoms with Gasteiger partial charge in [-0.05, 0) is 30.5 Å². The number of fused-ring (bicyclic) bond motifs is 1. The molecule has 0 spiro atoms. The summed E-state index contributed by atoms with van der Waals surface area (Å²) in [6.45, 7) is 5.87. The minimum absolute atomic E-state index is 0.0467. The summed E-state index contributed by atoms with van der Waals surface area (Å²) < 4.78 is 5.51. The van der Waals surface area contributed by atoms with Crippen LogP contribution in [0.25, 0.3) is 0 Å². The number of likely N-dealkylation sites (N-methyl/N-ethyl adjacent to an activating group) is 1. The lowest BCUT2D eigenvalue weighted by molar-refractivity contribution is -0.120. The van der Waals surface area contributed by atoms with E-state index in [4.69, 9.17) is 4.74 Å². The number of amides is 1. The van der Waals surface area contributed by atoms with Crippen molar-refractivity contribution in [3.63, 3.8) is 0 Å². The smallest absolute Gasteiger partial charge is 0.233 e. The Balaban J connectivity index is 1.99. The quantitative estimate of drug-likeness (QED) is 0.822. The molecule has 1 atom stereocenters. The molecule has 0 fully saturated rings. The molecule has 1 aliphatic heterocycles. The summed E-state index contributed by atoms with van der Waals surface area (Å²) in [5.41, 5.74) is 2.51. The van der Waals surface area contributed by atoms with Crippen LogP contribution in [0, 0.1) is 0 Å². The predicted octanol–water partition coefficient (Wildman–Crippen LogP) is 1.80. The van der Waals surface area contributed by atoms with E-state index in [1.807, 2.05) is 13.0 Å². The van der Waals surface area contributed by atoms with Gasteiger partial charge >= 0.3 is 0 Å². The fourth-order valence-corrected chi connectivity index (χ4v) is 2.40. The number of rotatable bonds is 6. The Morgan fingerprint density at radius 1 is 1.42 bits per heavy atom. The van der Waals surface area contributed by atoms with E-state index < -0.39 is 0 Å². The van der Waals surface area contributed by atoms with Crippen molar-refractivity contribution in [3.8, 4) is 5.75 Å². The summed E-state index contributed by atoms with van der Waals surface area (Å²) >= 11 is 0. The van der Waals surface area contributed by atoms with Gasteiger partial charge in [0, 0.05) is 19.0 Å². The molecule has 1 heterocycles. The van der Waals surface area contributed by atoms with E-state index in [-0.39, 0.29) is 11.9 Å². The molecule has 19 heavy (non-hydrogen) atoms. The molecule has 4 heteroatoms. The normalized spacial score (nSPS) is 14.6. The van der Waals surface area contributed by atoms with Crippen molar-refractivity contribution in [3.05, 3.63) is 29.3 Å². The molecule has 0 aliphatic carbocycles. The van der Waals surface area contributed by atoms with Crippen LogP contribution in [0.4, 0.5) is 0 Å². The maximum atomic E-state index is 11.5. The SMILES string of the molecule is CCNC(=O)CNC(CC)c1ccc2c(c1)CCO2. The number of benzene rings is 1. The Bertz CT molecular complexity index is 446. The van der Waals surface area contributed by atoms with Gasteiger partial charge in [0.25, 0.3) is 0 Å². The third kappa shape index (κ3) is 3.47. The van der Waals surface area contributed by atoms with Crippen molar-refractivity contribution in [2.75, 3.05) is 19.7 Å². The summed E-state index contributed by atoms with van der Waals surface area (Å²) in [6.07, 6.45) is 1.94. The van der Waals surface area contributed by atoms with E-state index >= 15 is 0 Å². The highest BCUT2D eigenvalue weighted by molar-refractivity contribution is 5.77. The van der Waals surface area contributed by atoms with Crippen molar-refractivity contribution in [1.82, 2.24) is 10.6 Å². The standard InChI is InChI=1S/C15H22N2O2/c1-3-13(17-10-15(18)16-4-2)11-5-6-14-12(9-11)7-8-19-14/h5-6,9,13,17H,3-4,7-8,10H2,1-2H3,(H,16,18). The zero-order valence-electron chi connectivity index (χ0n) is 11.7. The molecule has 0 radical (unpaired) electrons. The van der Waals surface area contributed by atoms with Crippen LogP contribution in [0.1, 0.15) is 37.4 Å². The molecule has 1 aromatic carbocycles. The van der Waals surface area contributed by atoms with Gasteiger partial charge in [0.1, 0.15) is 5.75 Å². The van der Waals surface area contributed by atoms with Crippen LogP contribution in [0.15, 0.2) is 18.2 Å². The summed E-state index contributed by atoms with van der Waals surface area (Å²) in [6, 6.07) is 6.53. The fraction of sp³-hybridized carbons (Fsp3) is 0.533. The van der Waals surface area contributed by atoms with E-state index in [2.05, 4.69) is 29.7 Å². The molecule has 1 aliphatic rings. The number of hydrogen-bond acceptors (Lipinski definition) is 3. The monoisotopic (exact) mass is 262 g/mol. The molecule has 1 aromatic rings. The van der Waals surface area contributed by atoms with Crippen molar-refractivity contribution in [2.24, 2.45) is 0 Å². The predicted molar refractivity (Wildman–Crippen MR) is 75.4 cm³/mol. The van der Waals surface area contributed by atoms with Crippen LogP contribution in [0.5, 0.6) is 5.75 Å². The zero-order chi connectivity index (χ0) is 13.7. The minimum Gasteiger partial charge on any atom is -0.493 e. The topological polar surface area (TPSA) is 50.4 Å². The average Bonchev–Trinajstić information content (AvgIpc) is 2.87. The second-order valence-electron chi connectivity index (χ2n) is 4.76. The number of carbonyl (C=O) groups is 1. The third-order valence-electron chi connectivity index (χ3n) is 3.41. The first kappa shape index (κ1) is 13.9. The van der Waals surface area contributed by atoms with Crippen LogP contribution in [-0.2, 0) is 11.2 Å². The summed E-state index contributed by atoms with van der Waals surface area (Å²) in [7, 11) is 0. The first-order chi connectivity index (χ1) is 9.24. The van der Waals surface area contributed by atoms with E-state index in [0.717, 1.165) is 25.2 Å². The Morgan fingerprint density at radius 2 is 2.26 bits per heavy atom. The summed E-state index contributed by atoms with van der Waals surface area (Å²) in [5.74, 6) is 1.05. The molecule has 0 aromatic heterocycles. The third-order valence-corrected chi connectivity index (χ3v) is 3.41. The number of hydrogen-bond donors (Lipinski definition) is 2. The molecule has 0 bridgehead atoms. The molecule has 2 rings (SSSR count). The molecular formula is C15H22N2O2. The summed E-state index contributed by atoms with van der Waals surface area (Å²) in [5, 5.41) is 6.11. The highest BCUT2D eigenvalue weighted by Gasteiger charge is 2.16. The maximum absolute atomic E-state index is 11.5. The molecule has 1 amide bonds. The van der Waals surface area contributed by atoms with Gasteiger partial charge in [0.2, 0.25) is 5.91 Å². The number of carbonyl (C=O) groups excluding carboxylic acids is 1.